The topological polar surface area (TPSA) is 6.48 Å². The van der Waals surface area contributed by atoms with Gasteiger partial charge in [-0.15, -0.1) is 0 Å². The van der Waals surface area contributed by atoms with E-state index in [1.54, 1.807) is 0 Å². The summed E-state index contributed by atoms with van der Waals surface area (Å²) in [5, 5.41) is 0. The maximum Gasteiger partial charge on any atom is 0.0363 e. The maximum absolute atomic E-state index is 2.25. The van der Waals surface area contributed by atoms with E-state index in [0.717, 1.165) is 13.0 Å². The average Bonchev–Trinajstić information content (AvgIpc) is 2.15. The average molecular weight is 192 g/mol. The fourth-order valence-electron chi connectivity index (χ4n) is 1.34. The molecule has 0 N–H and O–H groups in total. The standard InChI is InChI=1S/C12H20N2/c1-13(2)9-8-11-6-5-7-12(10-11)14(3)4/h5-7,10H,8-9H2,1-4H3. The van der Waals surface area contributed by atoms with Crippen molar-refractivity contribution in [2.75, 3.05) is 39.6 Å². The Morgan fingerprint density at radius 2 is 1.79 bits per heavy atom. The van der Waals surface area contributed by atoms with Crippen molar-refractivity contribution < 1.29 is 0 Å². The van der Waals surface area contributed by atoms with Gasteiger partial charge in [0.15, 0.2) is 0 Å². The normalized spacial score (nSPS) is 10.6. The van der Waals surface area contributed by atoms with Crippen molar-refractivity contribution in [3.8, 4) is 0 Å². The van der Waals surface area contributed by atoms with Gasteiger partial charge in [-0.2, -0.15) is 0 Å². The van der Waals surface area contributed by atoms with Crippen LogP contribution in [0.2, 0.25) is 0 Å². The van der Waals surface area contributed by atoms with Crippen molar-refractivity contribution in [3.05, 3.63) is 29.8 Å². The van der Waals surface area contributed by atoms with Gasteiger partial charge in [-0.1, -0.05) is 12.1 Å². The summed E-state index contributed by atoms with van der Waals surface area (Å²) in [6.45, 7) is 1.11. The molecule has 0 radical (unpaired) electrons. The second-order valence-corrected chi connectivity index (χ2v) is 4.12. The highest BCUT2D eigenvalue weighted by molar-refractivity contribution is 5.47. The van der Waals surface area contributed by atoms with Crippen LogP contribution in [0.15, 0.2) is 24.3 Å². The number of benzene rings is 1. The van der Waals surface area contributed by atoms with Crippen molar-refractivity contribution in [1.82, 2.24) is 4.90 Å². The molecule has 0 spiro atoms. The number of hydrogen-bond acceptors (Lipinski definition) is 2. The Kier molecular flexibility index (Phi) is 3.96. The Labute approximate surface area is 87.1 Å². The van der Waals surface area contributed by atoms with Crippen LogP contribution in [0.3, 0.4) is 0 Å². The quantitative estimate of drug-likeness (QED) is 0.718. The molecule has 0 bridgehead atoms. The highest BCUT2D eigenvalue weighted by Gasteiger charge is 1.98. The first-order chi connectivity index (χ1) is 6.59. The van der Waals surface area contributed by atoms with Crippen LogP contribution < -0.4 is 4.90 Å². The number of nitrogens with zero attached hydrogens (tertiary/aromatic N) is 2. The molecule has 0 fully saturated rings. The Balaban J connectivity index is 2.64. The second kappa shape index (κ2) is 5.01. The van der Waals surface area contributed by atoms with E-state index in [9.17, 15) is 0 Å². The molecule has 0 heterocycles. The molecule has 0 atom stereocenters. The lowest BCUT2D eigenvalue weighted by Crippen LogP contribution is -2.15. The summed E-state index contributed by atoms with van der Waals surface area (Å²) < 4.78 is 0. The number of rotatable bonds is 4. The Bertz CT molecular complexity index is 279. The summed E-state index contributed by atoms with van der Waals surface area (Å²) in [7, 11) is 8.36. The van der Waals surface area contributed by atoms with E-state index in [4.69, 9.17) is 0 Å². The lowest BCUT2D eigenvalue weighted by atomic mass is 10.1. The predicted molar refractivity (Wildman–Crippen MR) is 63.0 cm³/mol. The molecule has 1 aromatic rings. The molecule has 0 aliphatic carbocycles. The van der Waals surface area contributed by atoms with E-state index < -0.39 is 0 Å². The monoisotopic (exact) mass is 192 g/mol. The minimum absolute atomic E-state index is 1.11. The molecular formula is C12H20N2. The fourth-order valence-corrected chi connectivity index (χ4v) is 1.34. The van der Waals surface area contributed by atoms with Crippen molar-refractivity contribution in [2.45, 2.75) is 6.42 Å². The Hall–Kier alpha value is -1.02. The highest BCUT2D eigenvalue weighted by atomic mass is 15.1. The van der Waals surface area contributed by atoms with E-state index in [1.807, 2.05) is 0 Å². The van der Waals surface area contributed by atoms with Crippen LogP contribution in [0.25, 0.3) is 0 Å². The van der Waals surface area contributed by atoms with Gasteiger partial charge in [-0.3, -0.25) is 0 Å². The van der Waals surface area contributed by atoms with Gasteiger partial charge in [0.25, 0.3) is 0 Å². The Morgan fingerprint density at radius 1 is 1.07 bits per heavy atom. The van der Waals surface area contributed by atoms with Gasteiger partial charge in [0.05, 0.1) is 0 Å². The minimum Gasteiger partial charge on any atom is -0.378 e. The molecule has 2 heteroatoms. The third kappa shape index (κ3) is 3.38. The zero-order valence-electron chi connectivity index (χ0n) is 9.62. The van der Waals surface area contributed by atoms with Crippen LogP contribution in [-0.4, -0.2) is 39.6 Å². The summed E-state index contributed by atoms with van der Waals surface area (Å²) in [5.41, 5.74) is 2.69. The molecule has 0 unspecified atom stereocenters. The molecule has 1 rings (SSSR count). The maximum atomic E-state index is 2.25. The zero-order valence-corrected chi connectivity index (χ0v) is 9.62. The molecular weight excluding hydrogens is 172 g/mol. The van der Waals surface area contributed by atoms with Crippen molar-refractivity contribution in [3.63, 3.8) is 0 Å². The summed E-state index contributed by atoms with van der Waals surface area (Å²) in [6, 6.07) is 8.71. The molecule has 1 aromatic carbocycles. The lowest BCUT2D eigenvalue weighted by Gasteiger charge is -2.14. The van der Waals surface area contributed by atoms with Crippen molar-refractivity contribution in [2.24, 2.45) is 0 Å². The van der Waals surface area contributed by atoms with Crippen LogP contribution in [0.4, 0.5) is 5.69 Å². The molecule has 0 saturated heterocycles. The van der Waals surface area contributed by atoms with Gasteiger partial charge in [0.1, 0.15) is 0 Å². The second-order valence-electron chi connectivity index (χ2n) is 4.12. The van der Waals surface area contributed by atoms with Gasteiger partial charge in [0.2, 0.25) is 0 Å². The molecule has 2 nitrogen and oxygen atoms in total. The first-order valence-corrected chi connectivity index (χ1v) is 5.00. The van der Waals surface area contributed by atoms with Gasteiger partial charge < -0.3 is 9.80 Å². The van der Waals surface area contributed by atoms with E-state index in [0.29, 0.717) is 0 Å². The fraction of sp³-hybridized carbons (Fsp3) is 0.500. The predicted octanol–water partition coefficient (Wildman–Crippen LogP) is 1.86. The van der Waals surface area contributed by atoms with Crippen molar-refractivity contribution in [1.29, 1.82) is 0 Å². The third-order valence-electron chi connectivity index (χ3n) is 2.27. The minimum atomic E-state index is 1.11. The van der Waals surface area contributed by atoms with Crippen LogP contribution in [0.5, 0.6) is 0 Å². The van der Waals surface area contributed by atoms with Crippen LogP contribution in [0, 0.1) is 0 Å². The number of likely N-dealkylation sites (N-methyl/N-ethyl adjacent to an activating group) is 1. The van der Waals surface area contributed by atoms with E-state index in [1.165, 1.54) is 11.3 Å². The molecule has 14 heavy (non-hydrogen) atoms. The first-order valence-electron chi connectivity index (χ1n) is 5.00. The van der Waals surface area contributed by atoms with E-state index >= 15 is 0 Å². The summed E-state index contributed by atoms with van der Waals surface area (Å²) >= 11 is 0. The Morgan fingerprint density at radius 3 is 2.36 bits per heavy atom. The molecule has 78 valence electrons. The van der Waals surface area contributed by atoms with Crippen molar-refractivity contribution >= 4 is 5.69 Å². The first kappa shape index (κ1) is 11.1. The molecule has 0 saturated carbocycles. The summed E-state index contributed by atoms with van der Waals surface area (Å²) in [6.07, 6.45) is 1.12. The number of anilines is 1. The molecule has 0 aliphatic rings. The summed E-state index contributed by atoms with van der Waals surface area (Å²) in [4.78, 5) is 4.35. The lowest BCUT2D eigenvalue weighted by molar-refractivity contribution is 0.413. The number of hydrogen-bond donors (Lipinski definition) is 0. The molecule has 0 aliphatic heterocycles. The van der Waals surface area contributed by atoms with Gasteiger partial charge >= 0.3 is 0 Å². The van der Waals surface area contributed by atoms with Gasteiger partial charge in [0, 0.05) is 26.3 Å². The zero-order chi connectivity index (χ0) is 10.6. The van der Waals surface area contributed by atoms with Gasteiger partial charge in [-0.05, 0) is 38.2 Å². The van der Waals surface area contributed by atoms with Crippen LogP contribution >= 0.6 is 0 Å². The van der Waals surface area contributed by atoms with E-state index in [2.05, 4.69) is 62.3 Å². The third-order valence-corrected chi connectivity index (χ3v) is 2.27. The molecule has 0 amide bonds. The smallest absolute Gasteiger partial charge is 0.0363 e. The SMILES string of the molecule is CN(C)CCc1cccc(N(C)C)c1. The van der Waals surface area contributed by atoms with Gasteiger partial charge in [-0.25, -0.2) is 0 Å². The summed E-state index contributed by atoms with van der Waals surface area (Å²) in [5.74, 6) is 0. The van der Waals surface area contributed by atoms with E-state index in [-0.39, 0.29) is 0 Å². The highest BCUT2D eigenvalue weighted by Crippen LogP contribution is 2.13. The molecule has 0 aromatic heterocycles. The van der Waals surface area contributed by atoms with Crippen LogP contribution in [-0.2, 0) is 6.42 Å². The van der Waals surface area contributed by atoms with Crippen LogP contribution in [0.1, 0.15) is 5.56 Å². The largest absolute Gasteiger partial charge is 0.378 e.